The third-order valence-corrected chi connectivity index (χ3v) is 5.35. The normalized spacial score (nSPS) is 10.3. The van der Waals surface area contributed by atoms with Gasteiger partial charge < -0.3 is 0 Å². The van der Waals surface area contributed by atoms with Gasteiger partial charge in [-0.2, -0.15) is 0 Å². The van der Waals surface area contributed by atoms with Gasteiger partial charge in [0.25, 0.3) is 0 Å². The second-order valence-corrected chi connectivity index (χ2v) is 8.05. The van der Waals surface area contributed by atoms with E-state index in [9.17, 15) is 0 Å². The van der Waals surface area contributed by atoms with Crippen molar-refractivity contribution in [2.75, 3.05) is 0 Å². The zero-order chi connectivity index (χ0) is 23.0. The van der Waals surface area contributed by atoms with Crippen molar-refractivity contribution >= 4 is 32.7 Å². The van der Waals surface area contributed by atoms with Crippen molar-refractivity contribution in [1.29, 1.82) is 0 Å². The minimum Gasteiger partial charge on any atom is -0.256 e. The van der Waals surface area contributed by atoms with Crippen LogP contribution in [-0.2, 0) is 0 Å². The van der Waals surface area contributed by atoms with Crippen LogP contribution in [-0.4, -0.2) is 15.0 Å². The third-order valence-electron chi connectivity index (χ3n) is 5.35. The van der Waals surface area contributed by atoms with Crippen LogP contribution < -0.4 is 0 Å². The lowest BCUT2D eigenvalue weighted by Crippen LogP contribution is -1.79. The molecule has 0 fully saturated rings. The number of hydrogen-bond acceptors (Lipinski definition) is 3. The van der Waals surface area contributed by atoms with Crippen LogP contribution in [0.2, 0.25) is 0 Å². The molecule has 0 aliphatic carbocycles. The Morgan fingerprint density at radius 3 is 1.94 bits per heavy atom. The largest absolute Gasteiger partial charge is 0.256 e. The van der Waals surface area contributed by atoms with Gasteiger partial charge in [0, 0.05) is 34.7 Å². The van der Waals surface area contributed by atoms with E-state index in [1.807, 2.05) is 67.1 Å². The topological polar surface area (TPSA) is 38.7 Å². The summed E-state index contributed by atoms with van der Waals surface area (Å²) < 4.78 is 0. The Labute approximate surface area is 194 Å². The highest BCUT2D eigenvalue weighted by Crippen LogP contribution is 2.14. The summed E-state index contributed by atoms with van der Waals surface area (Å²) in [7, 11) is 0. The molecule has 6 aromatic rings. The van der Waals surface area contributed by atoms with Crippen molar-refractivity contribution in [1.82, 2.24) is 15.0 Å². The van der Waals surface area contributed by atoms with Crippen molar-refractivity contribution in [3.8, 4) is 0 Å². The molecule has 3 nitrogen and oxygen atoms in total. The number of rotatable bonds is 0. The number of fused-ring (bicyclic) bond motifs is 3. The Morgan fingerprint density at radius 2 is 1.12 bits per heavy atom. The maximum Gasteiger partial charge on any atom is 0.0704 e. The zero-order valence-corrected chi connectivity index (χ0v) is 19.2. The predicted octanol–water partition coefficient (Wildman–Crippen LogP) is 7.63. The molecule has 0 unspecified atom stereocenters. The van der Waals surface area contributed by atoms with Gasteiger partial charge >= 0.3 is 0 Å². The van der Waals surface area contributed by atoms with Crippen LogP contribution >= 0.6 is 0 Å². The first-order valence-electron chi connectivity index (χ1n) is 11.0. The summed E-state index contributed by atoms with van der Waals surface area (Å²) in [6, 6.07) is 30.8. The molecule has 0 atom stereocenters. The molecule has 0 N–H and O–H groups in total. The fourth-order valence-corrected chi connectivity index (χ4v) is 3.63. The van der Waals surface area contributed by atoms with E-state index in [-0.39, 0.29) is 0 Å². The minimum absolute atomic E-state index is 1.07. The molecule has 6 rings (SSSR count). The highest BCUT2D eigenvalue weighted by molar-refractivity contribution is 5.81. The van der Waals surface area contributed by atoms with Gasteiger partial charge in [0.1, 0.15) is 0 Å². The molecule has 162 valence electrons. The summed E-state index contributed by atoms with van der Waals surface area (Å²) in [4.78, 5) is 12.7. The van der Waals surface area contributed by atoms with E-state index < -0.39 is 0 Å². The van der Waals surface area contributed by atoms with Crippen molar-refractivity contribution < 1.29 is 0 Å². The zero-order valence-electron chi connectivity index (χ0n) is 19.2. The molecule has 3 aromatic heterocycles. The quantitative estimate of drug-likeness (QED) is 0.249. The number of nitrogens with zero attached hydrogens (tertiary/aromatic N) is 3. The summed E-state index contributed by atoms with van der Waals surface area (Å²) >= 11 is 0. The summed E-state index contributed by atoms with van der Waals surface area (Å²) in [6.45, 7) is 6.25. The number of hydrogen-bond donors (Lipinski definition) is 0. The first-order chi connectivity index (χ1) is 16.1. The molecule has 0 radical (unpaired) electrons. The van der Waals surface area contributed by atoms with Crippen LogP contribution in [0.15, 0.2) is 110 Å². The highest BCUT2D eigenvalue weighted by Gasteiger charge is 1.94. The van der Waals surface area contributed by atoms with E-state index in [1.54, 1.807) is 0 Å². The molecule has 0 bridgehead atoms. The molecule has 3 aromatic carbocycles. The van der Waals surface area contributed by atoms with Crippen LogP contribution in [0, 0.1) is 20.8 Å². The second-order valence-electron chi connectivity index (χ2n) is 8.05. The Bertz CT molecular complexity index is 1410. The van der Waals surface area contributed by atoms with Crippen LogP contribution in [0.4, 0.5) is 0 Å². The van der Waals surface area contributed by atoms with Crippen LogP contribution in [0.3, 0.4) is 0 Å². The fraction of sp³-hybridized carbons (Fsp3) is 0.100. The molecule has 3 heterocycles. The average Bonchev–Trinajstić information content (AvgIpc) is 2.85. The third kappa shape index (κ3) is 5.78. The van der Waals surface area contributed by atoms with Gasteiger partial charge in [-0.25, -0.2) is 0 Å². The first-order valence-corrected chi connectivity index (χ1v) is 11.0. The molecule has 0 aliphatic rings. The Kier molecular flexibility index (Phi) is 7.01. The Hall–Kier alpha value is -4.11. The van der Waals surface area contributed by atoms with Crippen molar-refractivity contribution in [2.45, 2.75) is 20.8 Å². The Balaban J connectivity index is 0.000000118. The number of benzene rings is 3. The molecule has 0 amide bonds. The lowest BCUT2D eigenvalue weighted by molar-refractivity contribution is 1.33. The van der Waals surface area contributed by atoms with Crippen LogP contribution in [0.1, 0.15) is 16.7 Å². The van der Waals surface area contributed by atoms with Crippen LogP contribution in [0.25, 0.3) is 32.7 Å². The summed E-state index contributed by atoms with van der Waals surface area (Å²) in [6.07, 6.45) is 5.53. The van der Waals surface area contributed by atoms with Gasteiger partial charge in [-0.1, -0.05) is 54.1 Å². The molecular formula is C30H27N3. The molecule has 0 saturated carbocycles. The average molecular weight is 430 g/mol. The lowest BCUT2D eigenvalue weighted by Gasteiger charge is -1.97. The van der Waals surface area contributed by atoms with Gasteiger partial charge in [-0.15, -0.1) is 0 Å². The van der Waals surface area contributed by atoms with Crippen molar-refractivity contribution in [2.24, 2.45) is 0 Å². The first kappa shape index (κ1) is 22.1. The molecule has 0 aliphatic heterocycles. The van der Waals surface area contributed by atoms with E-state index in [4.69, 9.17) is 0 Å². The summed E-state index contributed by atoms with van der Waals surface area (Å²) in [5.41, 5.74) is 6.99. The number of pyridine rings is 3. The van der Waals surface area contributed by atoms with Gasteiger partial charge in [0.2, 0.25) is 0 Å². The second kappa shape index (κ2) is 10.5. The fourth-order valence-electron chi connectivity index (χ4n) is 3.63. The SMILES string of the molecule is Cc1ccc2ncccc2c1.Cc1cccc2ncccc12.Cc1cnc2ccccc2c1. The lowest BCUT2D eigenvalue weighted by atomic mass is 10.1. The van der Waals surface area contributed by atoms with Gasteiger partial charge in [-0.05, 0) is 74.4 Å². The smallest absolute Gasteiger partial charge is 0.0704 e. The summed E-state index contributed by atoms with van der Waals surface area (Å²) in [5, 5.41) is 3.68. The monoisotopic (exact) mass is 429 g/mol. The molecule has 3 heteroatoms. The molecule has 33 heavy (non-hydrogen) atoms. The Morgan fingerprint density at radius 1 is 0.485 bits per heavy atom. The van der Waals surface area contributed by atoms with E-state index in [2.05, 4.69) is 78.2 Å². The van der Waals surface area contributed by atoms with Gasteiger partial charge in [0.15, 0.2) is 0 Å². The maximum absolute atomic E-state index is 4.28. The van der Waals surface area contributed by atoms with E-state index in [1.165, 1.54) is 32.8 Å². The van der Waals surface area contributed by atoms with Gasteiger partial charge in [-0.3, -0.25) is 15.0 Å². The molecule has 0 saturated heterocycles. The summed E-state index contributed by atoms with van der Waals surface area (Å²) in [5.74, 6) is 0. The number of aryl methyl sites for hydroxylation is 3. The van der Waals surface area contributed by atoms with E-state index in [0.29, 0.717) is 0 Å². The predicted molar refractivity (Wildman–Crippen MR) is 139 cm³/mol. The van der Waals surface area contributed by atoms with E-state index >= 15 is 0 Å². The maximum atomic E-state index is 4.28. The number of aromatic nitrogens is 3. The molecular weight excluding hydrogens is 402 g/mol. The van der Waals surface area contributed by atoms with Crippen molar-refractivity contribution in [3.63, 3.8) is 0 Å². The van der Waals surface area contributed by atoms with Crippen LogP contribution in [0.5, 0.6) is 0 Å². The molecule has 0 spiro atoms. The van der Waals surface area contributed by atoms with Gasteiger partial charge in [0.05, 0.1) is 16.6 Å². The number of para-hydroxylation sites is 1. The van der Waals surface area contributed by atoms with Crippen molar-refractivity contribution in [3.05, 3.63) is 126 Å². The minimum atomic E-state index is 1.07. The van der Waals surface area contributed by atoms with E-state index in [0.717, 1.165) is 16.6 Å². The highest BCUT2D eigenvalue weighted by atomic mass is 14.7. The standard InChI is InChI=1S/3C10H9N/c1-8-4-2-6-10-9(8)5-3-7-11-10;1-8-4-5-10-9(7-8)3-2-6-11-10;1-8-6-9-4-2-3-5-10(9)11-7-8/h3*2-7H,1H3.